The van der Waals surface area contributed by atoms with Crippen LogP contribution in [0.1, 0.15) is 31.2 Å². The van der Waals surface area contributed by atoms with Crippen molar-refractivity contribution in [3.05, 3.63) is 23.8 Å². The Morgan fingerprint density at radius 2 is 1.93 bits per heavy atom. The Balaban J connectivity index is 3.15. The SMILES string of the molecule is CC(C)c1cnc(C(F)(F)F)[n+](C)c1. The number of aromatic nitrogens is 2. The number of rotatable bonds is 1. The number of halogens is 3. The van der Waals surface area contributed by atoms with Crippen LogP contribution in [0, 0.1) is 0 Å². The largest absolute Gasteiger partial charge is 0.499 e. The molecule has 0 aliphatic heterocycles. The van der Waals surface area contributed by atoms with Crippen LogP contribution in [0.3, 0.4) is 0 Å². The highest BCUT2D eigenvalue weighted by atomic mass is 19.4. The van der Waals surface area contributed by atoms with Crippen molar-refractivity contribution >= 4 is 0 Å². The first-order valence-electron chi connectivity index (χ1n) is 4.25. The van der Waals surface area contributed by atoms with Gasteiger partial charge in [-0.2, -0.15) is 13.2 Å². The minimum absolute atomic E-state index is 0.177. The zero-order chi connectivity index (χ0) is 10.9. The average molecular weight is 205 g/mol. The van der Waals surface area contributed by atoms with Gasteiger partial charge in [-0.05, 0) is 10.9 Å². The lowest BCUT2D eigenvalue weighted by molar-refractivity contribution is -0.695. The fourth-order valence-electron chi connectivity index (χ4n) is 1.12. The van der Waals surface area contributed by atoms with Crippen LogP contribution >= 0.6 is 0 Å². The molecule has 0 bridgehead atoms. The molecule has 0 atom stereocenters. The molecular formula is C9H12F3N2+. The van der Waals surface area contributed by atoms with Gasteiger partial charge in [-0.25, -0.2) is 4.57 Å². The Morgan fingerprint density at radius 1 is 1.36 bits per heavy atom. The molecule has 0 aromatic carbocycles. The molecule has 1 aromatic heterocycles. The summed E-state index contributed by atoms with van der Waals surface area (Å²) in [5.41, 5.74) is 0.792. The van der Waals surface area contributed by atoms with E-state index < -0.39 is 12.0 Å². The summed E-state index contributed by atoms with van der Waals surface area (Å²) < 4.78 is 37.9. The van der Waals surface area contributed by atoms with Gasteiger partial charge in [0.15, 0.2) is 0 Å². The Labute approximate surface area is 80.4 Å². The molecule has 14 heavy (non-hydrogen) atoms. The van der Waals surface area contributed by atoms with E-state index in [1.54, 1.807) is 0 Å². The maximum absolute atomic E-state index is 12.3. The van der Waals surface area contributed by atoms with Gasteiger partial charge in [-0.3, -0.25) is 0 Å². The second-order valence-electron chi connectivity index (χ2n) is 3.47. The van der Waals surface area contributed by atoms with Gasteiger partial charge in [-0.1, -0.05) is 13.8 Å². The van der Waals surface area contributed by atoms with Gasteiger partial charge >= 0.3 is 12.0 Å². The van der Waals surface area contributed by atoms with Gasteiger partial charge in [0.05, 0.1) is 13.2 Å². The minimum Gasteiger partial charge on any atom is -0.229 e. The minimum atomic E-state index is -4.38. The van der Waals surface area contributed by atoms with Crippen molar-refractivity contribution in [2.24, 2.45) is 7.05 Å². The second-order valence-corrected chi connectivity index (χ2v) is 3.47. The van der Waals surface area contributed by atoms with Crippen molar-refractivity contribution in [1.82, 2.24) is 4.98 Å². The van der Waals surface area contributed by atoms with Crippen LogP contribution in [0.2, 0.25) is 0 Å². The van der Waals surface area contributed by atoms with Crippen molar-refractivity contribution in [2.75, 3.05) is 0 Å². The summed E-state index contributed by atoms with van der Waals surface area (Å²) in [6.07, 6.45) is -1.65. The highest BCUT2D eigenvalue weighted by Crippen LogP contribution is 2.24. The van der Waals surface area contributed by atoms with Gasteiger partial charge in [0.2, 0.25) is 0 Å². The lowest BCUT2D eigenvalue weighted by Crippen LogP contribution is -2.39. The molecule has 2 nitrogen and oxygen atoms in total. The fourth-order valence-corrected chi connectivity index (χ4v) is 1.12. The molecule has 0 aliphatic carbocycles. The lowest BCUT2D eigenvalue weighted by Gasteiger charge is -2.05. The molecule has 0 saturated heterocycles. The quantitative estimate of drug-likeness (QED) is 0.641. The average Bonchev–Trinajstić information content (AvgIpc) is 2.01. The summed E-state index contributed by atoms with van der Waals surface area (Å²) in [7, 11) is 1.35. The van der Waals surface area contributed by atoms with E-state index in [1.807, 2.05) is 13.8 Å². The highest BCUT2D eigenvalue weighted by Gasteiger charge is 2.43. The summed E-state index contributed by atoms with van der Waals surface area (Å²) in [5.74, 6) is -0.696. The first-order chi connectivity index (χ1) is 6.32. The number of aryl methyl sites for hydroxylation is 1. The molecule has 1 heterocycles. The maximum Gasteiger partial charge on any atom is 0.499 e. The maximum atomic E-state index is 12.3. The third-order valence-electron chi connectivity index (χ3n) is 1.93. The number of hydrogen-bond donors (Lipinski definition) is 0. The van der Waals surface area contributed by atoms with Gasteiger partial charge in [0.1, 0.15) is 6.20 Å². The molecular weight excluding hydrogens is 193 g/mol. The monoisotopic (exact) mass is 205 g/mol. The van der Waals surface area contributed by atoms with Crippen LogP contribution in [0.5, 0.6) is 0 Å². The van der Waals surface area contributed by atoms with Gasteiger partial charge in [0.25, 0.3) is 0 Å². The predicted octanol–water partition coefficient (Wildman–Crippen LogP) is 2.05. The molecule has 0 N–H and O–H groups in total. The van der Waals surface area contributed by atoms with E-state index in [9.17, 15) is 13.2 Å². The van der Waals surface area contributed by atoms with Crippen LogP contribution in [0.25, 0.3) is 0 Å². The lowest BCUT2D eigenvalue weighted by atomic mass is 10.1. The molecule has 0 unspecified atom stereocenters. The normalized spacial score (nSPS) is 12.2. The van der Waals surface area contributed by atoms with Crippen molar-refractivity contribution in [3.8, 4) is 0 Å². The summed E-state index contributed by atoms with van der Waals surface area (Å²) in [5, 5.41) is 0. The number of nitrogens with zero attached hydrogens (tertiary/aromatic N) is 2. The summed E-state index contributed by atoms with van der Waals surface area (Å²) >= 11 is 0. The number of alkyl halides is 3. The van der Waals surface area contributed by atoms with Crippen LogP contribution in [-0.4, -0.2) is 4.98 Å². The number of hydrogen-bond acceptors (Lipinski definition) is 1. The van der Waals surface area contributed by atoms with Crippen molar-refractivity contribution < 1.29 is 17.7 Å². The smallest absolute Gasteiger partial charge is 0.229 e. The van der Waals surface area contributed by atoms with E-state index in [-0.39, 0.29) is 5.92 Å². The fraction of sp³-hybridized carbons (Fsp3) is 0.556. The molecule has 1 rings (SSSR count). The summed E-state index contributed by atoms with van der Waals surface area (Å²) in [6, 6.07) is 0. The second kappa shape index (κ2) is 3.55. The van der Waals surface area contributed by atoms with Crippen LogP contribution in [0.15, 0.2) is 12.4 Å². The third-order valence-corrected chi connectivity index (χ3v) is 1.93. The van der Waals surface area contributed by atoms with E-state index in [0.717, 1.165) is 10.1 Å². The van der Waals surface area contributed by atoms with E-state index in [2.05, 4.69) is 4.98 Å². The standard InChI is InChI=1S/C9H12F3N2/c1-6(2)7-4-13-8(9(10,11)12)14(3)5-7/h4-6H,1-3H3/q+1. The molecule has 78 valence electrons. The molecule has 0 amide bonds. The summed E-state index contributed by atoms with van der Waals surface area (Å²) in [6.45, 7) is 3.81. The van der Waals surface area contributed by atoms with Crippen LogP contribution in [-0.2, 0) is 13.2 Å². The zero-order valence-electron chi connectivity index (χ0n) is 8.26. The first-order valence-corrected chi connectivity index (χ1v) is 4.25. The van der Waals surface area contributed by atoms with Crippen molar-refractivity contribution in [1.29, 1.82) is 0 Å². The Bertz CT molecular complexity index is 331. The van der Waals surface area contributed by atoms with E-state index in [0.29, 0.717) is 0 Å². The Kier molecular flexibility index (Phi) is 2.78. The molecule has 1 aromatic rings. The highest BCUT2D eigenvalue weighted by molar-refractivity contribution is 5.06. The van der Waals surface area contributed by atoms with Crippen molar-refractivity contribution in [3.63, 3.8) is 0 Å². The Morgan fingerprint density at radius 3 is 2.29 bits per heavy atom. The van der Waals surface area contributed by atoms with E-state index in [1.165, 1.54) is 19.4 Å². The molecule has 0 radical (unpaired) electrons. The molecule has 5 heteroatoms. The molecule has 0 saturated carbocycles. The molecule has 0 aliphatic rings. The summed E-state index contributed by atoms with van der Waals surface area (Å²) in [4.78, 5) is 3.41. The van der Waals surface area contributed by atoms with Gasteiger partial charge < -0.3 is 0 Å². The third kappa shape index (κ3) is 2.21. The van der Waals surface area contributed by atoms with Crippen LogP contribution < -0.4 is 4.57 Å². The predicted molar refractivity (Wildman–Crippen MR) is 44.5 cm³/mol. The van der Waals surface area contributed by atoms with Gasteiger partial charge in [0, 0.05) is 5.56 Å². The first kappa shape index (κ1) is 10.9. The molecule has 0 spiro atoms. The Hall–Kier alpha value is -1.13. The van der Waals surface area contributed by atoms with Gasteiger partial charge in [-0.15, -0.1) is 0 Å². The van der Waals surface area contributed by atoms with E-state index >= 15 is 0 Å². The van der Waals surface area contributed by atoms with Crippen LogP contribution in [0.4, 0.5) is 13.2 Å². The topological polar surface area (TPSA) is 16.8 Å². The van der Waals surface area contributed by atoms with Crippen molar-refractivity contribution in [2.45, 2.75) is 25.9 Å². The zero-order valence-corrected chi connectivity index (χ0v) is 8.26. The molecule has 0 fully saturated rings. The van der Waals surface area contributed by atoms with E-state index in [4.69, 9.17) is 0 Å².